The minimum absolute atomic E-state index is 0.226. The Morgan fingerprint density at radius 3 is 2.54 bits per heavy atom. The fourth-order valence-corrected chi connectivity index (χ4v) is 3.16. The number of aromatic nitrogens is 2. The summed E-state index contributed by atoms with van der Waals surface area (Å²) in [7, 11) is 1.36. The molecule has 0 bridgehead atoms. The van der Waals surface area contributed by atoms with Gasteiger partial charge >= 0.3 is 5.69 Å². The lowest BCUT2D eigenvalue weighted by Gasteiger charge is -2.23. The van der Waals surface area contributed by atoms with Crippen LogP contribution < -0.4 is 16.1 Å². The molecular weight excluding hydrogens is 357 g/mol. The molecule has 0 radical (unpaired) electrons. The lowest BCUT2D eigenvalue weighted by molar-refractivity contribution is -0.119. The van der Waals surface area contributed by atoms with Gasteiger partial charge in [0.2, 0.25) is 5.91 Å². The molecule has 0 N–H and O–H groups in total. The van der Waals surface area contributed by atoms with Crippen molar-refractivity contribution in [2.24, 2.45) is 7.05 Å². The summed E-state index contributed by atoms with van der Waals surface area (Å²) in [4.78, 5) is 39.0. The third kappa shape index (κ3) is 3.80. The molecule has 3 aromatic rings. The minimum Gasteiger partial charge on any atom is -0.306 e. The van der Waals surface area contributed by atoms with Crippen molar-refractivity contribution in [3.63, 3.8) is 0 Å². The normalized spacial score (nSPS) is 10.7. The van der Waals surface area contributed by atoms with E-state index in [0.29, 0.717) is 12.2 Å². The number of thiophene rings is 1. The van der Waals surface area contributed by atoms with Crippen LogP contribution in [0.1, 0.15) is 4.88 Å². The summed E-state index contributed by atoms with van der Waals surface area (Å²) >= 11 is 1.50. The Morgan fingerprint density at radius 1 is 1.15 bits per heavy atom. The molecule has 0 saturated heterocycles. The molecule has 2 heterocycles. The number of hydrogen-bond donors (Lipinski definition) is 0. The van der Waals surface area contributed by atoms with E-state index in [2.05, 4.69) is 0 Å². The molecule has 0 unspecified atom stereocenters. The van der Waals surface area contributed by atoms with Crippen LogP contribution in [0.3, 0.4) is 0 Å². The highest BCUT2D eigenvalue weighted by molar-refractivity contribution is 7.09. The van der Waals surface area contributed by atoms with Crippen molar-refractivity contribution in [1.29, 1.82) is 0 Å². The second-order valence-electron chi connectivity index (χ2n) is 5.66. The largest absolute Gasteiger partial charge is 0.331 e. The number of rotatable bonds is 5. The van der Waals surface area contributed by atoms with Crippen LogP contribution in [-0.4, -0.2) is 15.0 Å². The van der Waals surface area contributed by atoms with Gasteiger partial charge in [-0.25, -0.2) is 9.18 Å². The van der Waals surface area contributed by atoms with Gasteiger partial charge in [0.05, 0.1) is 6.54 Å². The summed E-state index contributed by atoms with van der Waals surface area (Å²) in [5, 5.41) is 1.90. The molecule has 1 amide bonds. The summed E-state index contributed by atoms with van der Waals surface area (Å²) in [5.41, 5.74) is -0.476. The first kappa shape index (κ1) is 17.8. The van der Waals surface area contributed by atoms with Crippen LogP contribution in [0.4, 0.5) is 10.1 Å². The van der Waals surface area contributed by atoms with Crippen molar-refractivity contribution in [3.05, 3.63) is 85.6 Å². The zero-order valence-electron chi connectivity index (χ0n) is 14.0. The summed E-state index contributed by atoms with van der Waals surface area (Å²) in [6, 6.07) is 10.6. The molecule has 0 aliphatic heterocycles. The number of amides is 1. The molecule has 1 aromatic carbocycles. The van der Waals surface area contributed by atoms with Crippen LogP contribution in [-0.2, 0) is 24.9 Å². The highest BCUT2D eigenvalue weighted by atomic mass is 32.1. The molecule has 0 fully saturated rings. The number of nitrogens with zero attached hydrogens (tertiary/aromatic N) is 3. The molecule has 0 atom stereocenters. The van der Waals surface area contributed by atoms with Gasteiger partial charge in [0, 0.05) is 29.9 Å². The van der Waals surface area contributed by atoms with Gasteiger partial charge in [-0.2, -0.15) is 0 Å². The van der Waals surface area contributed by atoms with Gasteiger partial charge < -0.3 is 4.90 Å². The van der Waals surface area contributed by atoms with Crippen molar-refractivity contribution in [2.75, 3.05) is 4.90 Å². The van der Waals surface area contributed by atoms with Gasteiger partial charge in [0.25, 0.3) is 5.56 Å². The SMILES string of the molecule is Cn1c(=O)ccn(CC(=O)N(Cc2cccs2)c2ccc(F)cc2)c1=O. The van der Waals surface area contributed by atoms with Crippen LogP contribution in [0.2, 0.25) is 0 Å². The predicted octanol–water partition coefficient (Wildman–Crippen LogP) is 1.98. The topological polar surface area (TPSA) is 64.3 Å². The zero-order chi connectivity index (χ0) is 18.7. The van der Waals surface area contributed by atoms with E-state index in [1.54, 1.807) is 0 Å². The van der Waals surface area contributed by atoms with E-state index in [0.717, 1.165) is 9.44 Å². The molecule has 0 aliphatic carbocycles. The van der Waals surface area contributed by atoms with Crippen molar-refractivity contribution in [1.82, 2.24) is 9.13 Å². The van der Waals surface area contributed by atoms with E-state index < -0.39 is 17.1 Å². The number of carbonyl (C=O) groups is 1. The quantitative estimate of drug-likeness (QED) is 0.687. The van der Waals surface area contributed by atoms with Crippen molar-refractivity contribution in [3.8, 4) is 0 Å². The summed E-state index contributed by atoms with van der Waals surface area (Å²) in [6.07, 6.45) is 1.30. The molecular formula is C18H16FN3O3S. The number of hydrogen-bond acceptors (Lipinski definition) is 4. The van der Waals surface area contributed by atoms with Crippen LogP contribution in [0.15, 0.2) is 63.6 Å². The Balaban J connectivity index is 1.92. The van der Waals surface area contributed by atoms with E-state index in [1.165, 1.54) is 64.4 Å². The molecule has 134 valence electrons. The van der Waals surface area contributed by atoms with E-state index >= 15 is 0 Å². The van der Waals surface area contributed by atoms with E-state index in [-0.39, 0.29) is 12.5 Å². The second kappa shape index (κ2) is 7.49. The van der Waals surface area contributed by atoms with Crippen LogP contribution in [0.25, 0.3) is 0 Å². The molecule has 3 rings (SSSR count). The monoisotopic (exact) mass is 373 g/mol. The summed E-state index contributed by atoms with van der Waals surface area (Å²) in [5.74, 6) is -0.739. The summed E-state index contributed by atoms with van der Waals surface area (Å²) < 4.78 is 15.3. The fourth-order valence-electron chi connectivity index (χ4n) is 2.47. The number of halogens is 1. The Bertz CT molecular complexity index is 1020. The third-order valence-corrected chi connectivity index (χ3v) is 4.76. The highest BCUT2D eigenvalue weighted by Gasteiger charge is 2.18. The van der Waals surface area contributed by atoms with E-state index in [9.17, 15) is 18.8 Å². The van der Waals surface area contributed by atoms with Crippen LogP contribution in [0, 0.1) is 5.82 Å². The molecule has 0 saturated carbocycles. The molecule has 2 aromatic heterocycles. The highest BCUT2D eigenvalue weighted by Crippen LogP contribution is 2.20. The Hall–Kier alpha value is -3.00. The van der Waals surface area contributed by atoms with Gasteiger partial charge in [-0.15, -0.1) is 11.3 Å². The predicted molar refractivity (Wildman–Crippen MR) is 97.9 cm³/mol. The van der Waals surface area contributed by atoms with Crippen LogP contribution >= 0.6 is 11.3 Å². The van der Waals surface area contributed by atoms with Crippen LogP contribution in [0.5, 0.6) is 0 Å². The van der Waals surface area contributed by atoms with E-state index in [4.69, 9.17) is 0 Å². The number of anilines is 1. The standard InChI is InChI=1S/C18H16FN3O3S/c1-20-16(23)8-9-21(18(20)25)12-17(24)22(11-15-3-2-10-26-15)14-6-4-13(19)5-7-14/h2-10H,11-12H2,1H3. The van der Waals surface area contributed by atoms with Gasteiger partial charge in [0.15, 0.2) is 0 Å². The zero-order valence-corrected chi connectivity index (χ0v) is 14.8. The minimum atomic E-state index is -0.568. The molecule has 26 heavy (non-hydrogen) atoms. The fraction of sp³-hybridized carbons (Fsp3) is 0.167. The Morgan fingerprint density at radius 2 is 1.88 bits per heavy atom. The Labute approximate surface area is 152 Å². The van der Waals surface area contributed by atoms with Gasteiger partial charge in [0.1, 0.15) is 12.4 Å². The molecule has 8 heteroatoms. The first-order chi connectivity index (χ1) is 12.5. The average Bonchev–Trinajstić information content (AvgIpc) is 3.14. The first-order valence-corrected chi connectivity index (χ1v) is 8.68. The second-order valence-corrected chi connectivity index (χ2v) is 6.69. The lowest BCUT2D eigenvalue weighted by atomic mass is 10.2. The maximum absolute atomic E-state index is 13.2. The van der Waals surface area contributed by atoms with Crippen molar-refractivity contribution < 1.29 is 9.18 Å². The smallest absolute Gasteiger partial charge is 0.306 e. The third-order valence-electron chi connectivity index (χ3n) is 3.90. The van der Waals surface area contributed by atoms with E-state index in [1.807, 2.05) is 17.5 Å². The molecule has 0 aliphatic rings. The number of carbonyl (C=O) groups excluding carboxylic acids is 1. The first-order valence-electron chi connectivity index (χ1n) is 7.80. The lowest BCUT2D eigenvalue weighted by Crippen LogP contribution is -2.41. The average molecular weight is 373 g/mol. The maximum atomic E-state index is 13.2. The van der Waals surface area contributed by atoms with Gasteiger partial charge in [-0.1, -0.05) is 6.07 Å². The summed E-state index contributed by atoms with van der Waals surface area (Å²) in [6.45, 7) is 0.0817. The van der Waals surface area contributed by atoms with Gasteiger partial charge in [-0.05, 0) is 35.7 Å². The molecule has 6 nitrogen and oxygen atoms in total. The van der Waals surface area contributed by atoms with Crippen molar-refractivity contribution in [2.45, 2.75) is 13.1 Å². The Kier molecular flexibility index (Phi) is 5.13. The van der Waals surface area contributed by atoms with Crippen molar-refractivity contribution >= 4 is 22.9 Å². The number of benzene rings is 1. The molecule has 0 spiro atoms. The maximum Gasteiger partial charge on any atom is 0.331 e. The van der Waals surface area contributed by atoms with Gasteiger partial charge in [-0.3, -0.25) is 18.7 Å².